The van der Waals surface area contributed by atoms with Crippen LogP contribution in [0, 0.1) is 22.7 Å². The number of phosphoric acid groups is 1. The van der Waals surface area contributed by atoms with Crippen LogP contribution in [0.15, 0.2) is 42.7 Å². The van der Waals surface area contributed by atoms with Crippen LogP contribution in [0.4, 0.5) is 5.82 Å². The van der Waals surface area contributed by atoms with E-state index in [-0.39, 0.29) is 26.2 Å². The second kappa shape index (κ2) is 24.3. The van der Waals surface area contributed by atoms with Crippen LogP contribution < -0.4 is 5.73 Å². The summed E-state index contributed by atoms with van der Waals surface area (Å²) in [5, 5.41) is 23.4. The fraction of sp³-hybridized carbons (Fsp3) is 0.659. The predicted octanol–water partition coefficient (Wildman–Crippen LogP) is 9.29. The van der Waals surface area contributed by atoms with Gasteiger partial charge in [-0.15, -0.1) is 0 Å². The minimum atomic E-state index is -4.61. The second-order valence-corrected chi connectivity index (χ2v) is 16.1. The molecule has 0 aliphatic carbocycles. The average Bonchev–Trinajstić information content (AvgIpc) is 3.83. The fourth-order valence-electron chi connectivity index (χ4n) is 6.80. The molecule has 0 saturated carbocycles. The number of rotatable bonds is 29. The number of nitrogens with two attached hydrogens (primary N) is 1. The van der Waals surface area contributed by atoms with Crippen molar-refractivity contribution in [2.75, 3.05) is 32.2 Å². The Morgan fingerprint density at radius 1 is 0.927 bits per heavy atom. The van der Waals surface area contributed by atoms with Crippen molar-refractivity contribution in [2.45, 2.75) is 147 Å². The molecule has 14 heteroatoms. The van der Waals surface area contributed by atoms with Crippen molar-refractivity contribution in [2.24, 2.45) is 0 Å². The van der Waals surface area contributed by atoms with E-state index >= 15 is 0 Å². The number of ether oxygens (including phenoxy) is 3. The lowest BCUT2D eigenvalue weighted by Crippen LogP contribution is -2.32. The molecule has 55 heavy (non-hydrogen) atoms. The molecule has 0 amide bonds. The van der Waals surface area contributed by atoms with Gasteiger partial charge in [-0.1, -0.05) is 115 Å². The number of nitrogen functional groups attached to an aromatic ring is 1. The van der Waals surface area contributed by atoms with Crippen molar-refractivity contribution in [1.29, 1.82) is 10.5 Å². The Hall–Kier alpha value is -3.39. The first-order valence-electron chi connectivity index (χ1n) is 20.3. The molecule has 2 aromatic heterocycles. The SMILES string of the molecule is CCCCCCCCCCCCCCCCCCOCC(COP(=O)(O)OCC1(C#N)CCC(c2ccc3c(N)ncnn23)O1)OCc1ccc(C#N)cc1. The van der Waals surface area contributed by atoms with Crippen LogP contribution in [0.2, 0.25) is 0 Å². The lowest BCUT2D eigenvalue weighted by atomic mass is 10.0. The van der Waals surface area contributed by atoms with Gasteiger partial charge in [-0.25, -0.2) is 14.1 Å². The van der Waals surface area contributed by atoms with Gasteiger partial charge >= 0.3 is 7.82 Å². The van der Waals surface area contributed by atoms with E-state index in [4.69, 9.17) is 34.3 Å². The van der Waals surface area contributed by atoms with E-state index in [2.05, 4.69) is 29.1 Å². The van der Waals surface area contributed by atoms with E-state index in [1.807, 2.05) is 0 Å². The summed E-state index contributed by atoms with van der Waals surface area (Å²) >= 11 is 0. The van der Waals surface area contributed by atoms with Gasteiger partial charge in [0.1, 0.15) is 36.7 Å². The Balaban J connectivity index is 1.14. The van der Waals surface area contributed by atoms with Crippen LogP contribution in [0.3, 0.4) is 0 Å². The van der Waals surface area contributed by atoms with E-state index in [0.29, 0.717) is 35.6 Å². The maximum absolute atomic E-state index is 13.0. The van der Waals surface area contributed by atoms with Gasteiger partial charge in [0.15, 0.2) is 11.4 Å². The van der Waals surface area contributed by atoms with E-state index in [1.165, 1.54) is 96.2 Å². The monoisotopic (exact) mass is 780 g/mol. The summed E-state index contributed by atoms with van der Waals surface area (Å²) in [4.78, 5) is 14.6. The van der Waals surface area contributed by atoms with Crippen LogP contribution >= 0.6 is 7.82 Å². The van der Waals surface area contributed by atoms with Gasteiger partial charge in [0.2, 0.25) is 0 Å². The molecule has 0 radical (unpaired) electrons. The molecule has 4 unspecified atom stereocenters. The summed E-state index contributed by atoms with van der Waals surface area (Å²) < 4.78 is 43.4. The molecule has 1 aromatic carbocycles. The van der Waals surface area contributed by atoms with Gasteiger partial charge in [0, 0.05) is 6.61 Å². The Bertz CT molecular complexity index is 1680. The number of anilines is 1. The van der Waals surface area contributed by atoms with E-state index in [9.17, 15) is 14.7 Å². The Labute approximate surface area is 327 Å². The van der Waals surface area contributed by atoms with Crippen LogP contribution in [0.1, 0.15) is 145 Å². The van der Waals surface area contributed by atoms with Crippen molar-refractivity contribution in [1.82, 2.24) is 14.6 Å². The third-order valence-electron chi connectivity index (χ3n) is 10.1. The van der Waals surface area contributed by atoms with Crippen molar-refractivity contribution >= 4 is 19.2 Å². The highest BCUT2D eigenvalue weighted by Crippen LogP contribution is 2.47. The summed E-state index contributed by atoms with van der Waals surface area (Å²) in [6, 6.07) is 14.8. The summed E-state index contributed by atoms with van der Waals surface area (Å²) in [5.41, 5.74) is 7.17. The van der Waals surface area contributed by atoms with E-state index in [1.54, 1.807) is 40.9 Å². The molecule has 0 spiro atoms. The molecule has 4 rings (SSSR count). The molecular formula is C41H61N6O7P. The van der Waals surface area contributed by atoms with Gasteiger partial charge in [-0.3, -0.25) is 9.05 Å². The molecule has 1 saturated heterocycles. The highest BCUT2D eigenvalue weighted by molar-refractivity contribution is 7.47. The normalized spacial score (nSPS) is 18.6. The molecule has 4 atom stereocenters. The number of aromatic nitrogens is 3. The highest BCUT2D eigenvalue weighted by Gasteiger charge is 2.44. The van der Waals surface area contributed by atoms with E-state index in [0.717, 1.165) is 18.4 Å². The van der Waals surface area contributed by atoms with Gasteiger partial charge in [-0.2, -0.15) is 15.6 Å². The highest BCUT2D eigenvalue weighted by atomic mass is 31.2. The second-order valence-electron chi connectivity index (χ2n) is 14.6. The molecule has 3 heterocycles. The molecule has 3 aromatic rings. The first-order chi connectivity index (χ1) is 26.8. The number of benzene rings is 1. The summed E-state index contributed by atoms with van der Waals surface area (Å²) in [7, 11) is -4.61. The quantitative estimate of drug-likeness (QED) is 0.0503. The molecule has 1 aliphatic rings. The lowest BCUT2D eigenvalue weighted by Gasteiger charge is -2.24. The van der Waals surface area contributed by atoms with Crippen LogP contribution in [-0.4, -0.2) is 57.6 Å². The molecule has 0 bridgehead atoms. The van der Waals surface area contributed by atoms with Gasteiger partial charge in [-0.05, 0) is 49.1 Å². The topological polar surface area (TPSA) is 187 Å². The molecule has 302 valence electrons. The summed E-state index contributed by atoms with van der Waals surface area (Å²) in [6.07, 6.45) is 21.6. The first kappa shape index (κ1) is 44.3. The molecule has 1 fully saturated rings. The standard InChI is InChI=1S/C41H61N6O7P/c1-2-3-4-5-6-7-8-9-10-11-12-13-14-15-16-17-26-50-29-36(51-28-35-20-18-34(27-42)19-21-35)30-52-55(48,49)53-32-41(31-43)25-24-39(54-41)37-22-23-38-40(44)45-33-46-47(37)38/h18-23,33,36,39H,2-17,24-26,28-30,32H2,1H3,(H,48,49)(H2,44,45,46). The average molecular weight is 781 g/mol. The lowest BCUT2D eigenvalue weighted by molar-refractivity contribution is -0.0589. The molecule has 1 aliphatic heterocycles. The van der Waals surface area contributed by atoms with Crippen LogP contribution in [0.25, 0.3) is 5.52 Å². The molecular weight excluding hydrogens is 719 g/mol. The number of hydrogen-bond acceptors (Lipinski definition) is 11. The number of nitriles is 2. The van der Waals surface area contributed by atoms with Crippen molar-refractivity contribution in [3.8, 4) is 12.1 Å². The summed E-state index contributed by atoms with van der Waals surface area (Å²) in [6.45, 7) is 2.41. The van der Waals surface area contributed by atoms with Crippen LogP contribution in [-0.2, 0) is 34.4 Å². The van der Waals surface area contributed by atoms with Gasteiger partial charge in [0.05, 0.1) is 37.1 Å². The Morgan fingerprint density at radius 3 is 2.18 bits per heavy atom. The van der Waals surface area contributed by atoms with Gasteiger partial charge in [0.25, 0.3) is 0 Å². The van der Waals surface area contributed by atoms with Crippen LogP contribution in [0.5, 0.6) is 0 Å². The molecule has 13 nitrogen and oxygen atoms in total. The zero-order valence-corrected chi connectivity index (χ0v) is 33.5. The Morgan fingerprint density at radius 2 is 1.56 bits per heavy atom. The molecule has 3 N–H and O–H groups in total. The zero-order chi connectivity index (χ0) is 39.2. The number of nitrogens with zero attached hydrogens (tertiary/aromatic N) is 5. The minimum Gasteiger partial charge on any atom is -0.382 e. The Kier molecular flexibility index (Phi) is 19.6. The third kappa shape index (κ3) is 15.6. The third-order valence-corrected chi connectivity index (χ3v) is 11.1. The fourth-order valence-corrected chi connectivity index (χ4v) is 7.60. The number of fused-ring (bicyclic) bond motifs is 1. The number of unbranched alkanes of at least 4 members (excludes halogenated alkanes) is 15. The summed E-state index contributed by atoms with van der Waals surface area (Å²) in [5.74, 6) is 0.317. The maximum Gasteiger partial charge on any atom is 0.472 e. The predicted molar refractivity (Wildman–Crippen MR) is 211 cm³/mol. The van der Waals surface area contributed by atoms with Gasteiger partial charge < -0.3 is 24.8 Å². The minimum absolute atomic E-state index is 0.154. The largest absolute Gasteiger partial charge is 0.472 e. The zero-order valence-electron chi connectivity index (χ0n) is 32.6. The smallest absolute Gasteiger partial charge is 0.382 e. The van der Waals surface area contributed by atoms with E-state index < -0.39 is 32.2 Å². The maximum atomic E-state index is 13.0. The van der Waals surface area contributed by atoms with Crippen molar-refractivity contribution in [3.05, 3.63) is 59.5 Å². The first-order valence-corrected chi connectivity index (χ1v) is 21.7. The van der Waals surface area contributed by atoms with Crippen molar-refractivity contribution < 1.29 is 32.7 Å². The number of hydrogen-bond donors (Lipinski definition) is 2. The van der Waals surface area contributed by atoms with Crippen molar-refractivity contribution in [3.63, 3.8) is 0 Å². The number of phosphoric ester groups is 1.